The van der Waals surface area contributed by atoms with E-state index >= 15 is 0 Å². The predicted molar refractivity (Wildman–Crippen MR) is 81.8 cm³/mol. The van der Waals surface area contributed by atoms with Crippen molar-refractivity contribution in [1.29, 1.82) is 0 Å². The molecule has 5 heteroatoms. The maximum atomic E-state index is 11.9. The fourth-order valence-electron chi connectivity index (χ4n) is 1.39. The van der Waals surface area contributed by atoms with Gasteiger partial charge in [-0.05, 0) is 40.5 Å². The first-order chi connectivity index (χ1) is 8.04. The molecule has 0 aromatic heterocycles. The highest BCUT2D eigenvalue weighted by Crippen LogP contribution is 2.21. The molecule has 1 aromatic rings. The molecule has 2 nitrogen and oxygen atoms in total. The minimum absolute atomic E-state index is 0.0567. The highest BCUT2D eigenvalue weighted by atomic mass is 79.9. The highest BCUT2D eigenvalue weighted by molar-refractivity contribution is 9.11. The Bertz CT molecular complexity index is 395. The van der Waals surface area contributed by atoms with E-state index in [0.717, 1.165) is 21.8 Å². The topological polar surface area (TPSA) is 29.1 Å². The SMILES string of the molecule is CCCC(Br)CNC(=O)c1cc(Br)ccc1Br. The number of carbonyl (C=O) groups is 1. The molecule has 1 N–H and O–H groups in total. The molecule has 0 radical (unpaired) electrons. The van der Waals surface area contributed by atoms with Gasteiger partial charge in [-0.1, -0.05) is 45.2 Å². The molecule has 0 bridgehead atoms. The van der Waals surface area contributed by atoms with Crippen LogP contribution < -0.4 is 5.32 Å². The zero-order valence-electron chi connectivity index (χ0n) is 9.47. The first kappa shape index (κ1) is 15.2. The first-order valence-electron chi connectivity index (χ1n) is 5.42. The van der Waals surface area contributed by atoms with Gasteiger partial charge in [-0.25, -0.2) is 0 Å². The number of alkyl halides is 1. The van der Waals surface area contributed by atoms with Gasteiger partial charge >= 0.3 is 0 Å². The third kappa shape index (κ3) is 5.10. The monoisotopic (exact) mass is 425 g/mol. The van der Waals surface area contributed by atoms with Gasteiger partial charge in [0.1, 0.15) is 0 Å². The Labute approximate surface area is 127 Å². The van der Waals surface area contributed by atoms with Crippen molar-refractivity contribution >= 4 is 53.7 Å². The minimum Gasteiger partial charge on any atom is -0.351 e. The van der Waals surface area contributed by atoms with E-state index in [2.05, 4.69) is 60.0 Å². The van der Waals surface area contributed by atoms with Crippen LogP contribution in [-0.2, 0) is 0 Å². The Morgan fingerprint density at radius 3 is 2.76 bits per heavy atom. The number of rotatable bonds is 5. The van der Waals surface area contributed by atoms with Crippen molar-refractivity contribution in [2.75, 3.05) is 6.54 Å². The van der Waals surface area contributed by atoms with Gasteiger partial charge in [0.05, 0.1) is 5.56 Å². The van der Waals surface area contributed by atoms with Crippen LogP contribution in [0, 0.1) is 0 Å². The molecule has 1 unspecified atom stereocenters. The van der Waals surface area contributed by atoms with E-state index in [-0.39, 0.29) is 5.91 Å². The number of hydrogen-bond donors (Lipinski definition) is 1. The lowest BCUT2D eigenvalue weighted by Crippen LogP contribution is -2.29. The summed E-state index contributed by atoms with van der Waals surface area (Å²) < 4.78 is 1.70. The Morgan fingerprint density at radius 1 is 1.41 bits per heavy atom. The smallest absolute Gasteiger partial charge is 0.252 e. The van der Waals surface area contributed by atoms with Gasteiger partial charge in [-0.3, -0.25) is 4.79 Å². The van der Waals surface area contributed by atoms with Gasteiger partial charge in [0.25, 0.3) is 5.91 Å². The molecule has 1 aromatic carbocycles. The molecule has 0 aliphatic carbocycles. The second-order valence-corrected chi connectivity index (χ2v) is 6.79. The van der Waals surface area contributed by atoms with Crippen LogP contribution in [-0.4, -0.2) is 17.3 Å². The molecule has 0 fully saturated rings. The van der Waals surface area contributed by atoms with Gasteiger partial charge in [-0.15, -0.1) is 0 Å². The third-order valence-corrected chi connectivity index (χ3v) is 4.23. The van der Waals surface area contributed by atoms with E-state index in [4.69, 9.17) is 0 Å². The molecule has 0 saturated carbocycles. The molecule has 0 aliphatic heterocycles. The molecule has 1 atom stereocenters. The average molecular weight is 428 g/mol. The van der Waals surface area contributed by atoms with Crippen molar-refractivity contribution in [3.05, 3.63) is 32.7 Å². The molecule has 17 heavy (non-hydrogen) atoms. The summed E-state index contributed by atoms with van der Waals surface area (Å²) in [5, 5.41) is 2.91. The summed E-state index contributed by atoms with van der Waals surface area (Å²) in [6.45, 7) is 2.77. The fraction of sp³-hybridized carbons (Fsp3) is 0.417. The second-order valence-electron chi connectivity index (χ2n) is 3.72. The standard InChI is InChI=1S/C12H14Br3NO/c1-2-3-9(14)7-16-12(17)10-6-8(13)4-5-11(10)15/h4-6,9H,2-3,7H2,1H3,(H,16,17). The Morgan fingerprint density at radius 2 is 2.12 bits per heavy atom. The molecule has 0 aliphatic rings. The second kappa shape index (κ2) is 7.54. The van der Waals surface area contributed by atoms with Crippen LogP contribution in [0.5, 0.6) is 0 Å². The van der Waals surface area contributed by atoms with E-state index in [1.54, 1.807) is 0 Å². The van der Waals surface area contributed by atoms with Gasteiger partial charge in [-0.2, -0.15) is 0 Å². The zero-order chi connectivity index (χ0) is 12.8. The Kier molecular flexibility index (Phi) is 6.74. The molecule has 0 spiro atoms. The van der Waals surface area contributed by atoms with Crippen LogP contribution in [0.15, 0.2) is 27.1 Å². The fourth-order valence-corrected chi connectivity index (χ4v) is 2.79. The molecule has 0 saturated heterocycles. The summed E-state index contributed by atoms with van der Waals surface area (Å²) in [7, 11) is 0. The average Bonchev–Trinajstić information content (AvgIpc) is 2.29. The van der Waals surface area contributed by atoms with Crippen molar-refractivity contribution in [2.45, 2.75) is 24.6 Å². The lowest BCUT2D eigenvalue weighted by atomic mass is 10.2. The first-order valence-corrected chi connectivity index (χ1v) is 7.92. The maximum Gasteiger partial charge on any atom is 0.252 e. The van der Waals surface area contributed by atoms with E-state index in [0.29, 0.717) is 16.9 Å². The number of benzene rings is 1. The van der Waals surface area contributed by atoms with E-state index in [1.807, 2.05) is 18.2 Å². The minimum atomic E-state index is -0.0567. The molecule has 0 heterocycles. The molecular weight excluding hydrogens is 414 g/mol. The lowest BCUT2D eigenvalue weighted by Gasteiger charge is -2.11. The number of nitrogens with one attached hydrogen (secondary N) is 1. The van der Waals surface area contributed by atoms with Crippen molar-refractivity contribution in [3.8, 4) is 0 Å². The van der Waals surface area contributed by atoms with Gasteiger partial charge in [0.2, 0.25) is 0 Å². The summed E-state index contributed by atoms with van der Waals surface area (Å²) in [5.74, 6) is -0.0567. The number of carbonyl (C=O) groups excluding carboxylic acids is 1. The predicted octanol–water partition coefficient (Wildman–Crippen LogP) is 4.51. The normalized spacial score (nSPS) is 12.2. The van der Waals surface area contributed by atoms with Crippen molar-refractivity contribution < 1.29 is 4.79 Å². The number of halogens is 3. The number of amides is 1. The van der Waals surface area contributed by atoms with Crippen molar-refractivity contribution in [3.63, 3.8) is 0 Å². The van der Waals surface area contributed by atoms with Crippen LogP contribution in [0.25, 0.3) is 0 Å². The maximum absolute atomic E-state index is 11.9. The van der Waals surface area contributed by atoms with Crippen LogP contribution in [0.2, 0.25) is 0 Å². The Balaban J connectivity index is 2.61. The summed E-state index contributed by atoms with van der Waals surface area (Å²) in [4.78, 5) is 12.3. The van der Waals surface area contributed by atoms with Gasteiger partial charge < -0.3 is 5.32 Å². The lowest BCUT2D eigenvalue weighted by molar-refractivity contribution is 0.0953. The summed E-state index contributed by atoms with van der Waals surface area (Å²) in [6, 6.07) is 5.56. The summed E-state index contributed by atoms with van der Waals surface area (Å²) in [6.07, 6.45) is 2.16. The largest absolute Gasteiger partial charge is 0.351 e. The highest BCUT2D eigenvalue weighted by Gasteiger charge is 2.11. The Hall–Kier alpha value is 0.130. The van der Waals surface area contributed by atoms with Crippen molar-refractivity contribution in [2.24, 2.45) is 0 Å². The molecule has 94 valence electrons. The third-order valence-electron chi connectivity index (χ3n) is 2.26. The summed E-state index contributed by atoms with van der Waals surface area (Å²) in [5.41, 5.74) is 0.649. The molecule has 1 rings (SSSR count). The van der Waals surface area contributed by atoms with Gasteiger partial charge in [0.15, 0.2) is 0 Å². The van der Waals surface area contributed by atoms with Crippen LogP contribution in [0.3, 0.4) is 0 Å². The van der Waals surface area contributed by atoms with Crippen LogP contribution >= 0.6 is 47.8 Å². The summed E-state index contributed by atoms with van der Waals surface area (Å²) >= 11 is 10.3. The quantitative estimate of drug-likeness (QED) is 0.688. The van der Waals surface area contributed by atoms with Crippen molar-refractivity contribution in [1.82, 2.24) is 5.32 Å². The zero-order valence-corrected chi connectivity index (χ0v) is 14.2. The van der Waals surface area contributed by atoms with E-state index in [1.165, 1.54) is 0 Å². The van der Waals surface area contributed by atoms with E-state index < -0.39 is 0 Å². The molecular formula is C12H14Br3NO. The van der Waals surface area contributed by atoms with E-state index in [9.17, 15) is 4.79 Å². The number of hydrogen-bond acceptors (Lipinski definition) is 1. The van der Waals surface area contributed by atoms with Gasteiger partial charge in [0, 0.05) is 20.3 Å². The van der Waals surface area contributed by atoms with Crippen LogP contribution in [0.1, 0.15) is 30.1 Å². The van der Waals surface area contributed by atoms with Crippen LogP contribution in [0.4, 0.5) is 0 Å². The molecule has 1 amide bonds.